The number of aromatic nitrogens is 2. The Morgan fingerprint density at radius 3 is 2.12 bits per heavy atom. The van der Waals surface area contributed by atoms with Crippen molar-refractivity contribution in [3.63, 3.8) is 0 Å². The number of nitrogens with zero attached hydrogens (tertiary/aromatic N) is 4. The number of fused-ring (bicyclic) bond motifs is 1. The maximum atomic E-state index is 13.0. The third-order valence-corrected chi connectivity index (χ3v) is 4.69. The van der Waals surface area contributed by atoms with Gasteiger partial charge in [0, 0.05) is 20.6 Å². The number of hydrogen-bond acceptors (Lipinski definition) is 4. The number of hydrogen-bond donors (Lipinski definition) is 0. The van der Waals surface area contributed by atoms with Crippen LogP contribution in [-0.2, 0) is 36.8 Å². The van der Waals surface area contributed by atoms with Crippen molar-refractivity contribution in [2.45, 2.75) is 32.0 Å². The molecule has 0 radical (unpaired) electrons. The Kier molecular flexibility index (Phi) is 6.11. The highest BCUT2D eigenvalue weighted by molar-refractivity contribution is 5.92. The van der Waals surface area contributed by atoms with Crippen LogP contribution in [0, 0.1) is 0 Å². The Morgan fingerprint density at radius 1 is 1.00 bits per heavy atom. The quantitative estimate of drug-likeness (QED) is 0.649. The van der Waals surface area contributed by atoms with E-state index in [-0.39, 0.29) is 37.3 Å². The maximum Gasteiger partial charge on any atom is 0.416 e. The van der Waals surface area contributed by atoms with Crippen LogP contribution in [0.25, 0.3) is 0 Å². The number of halogens is 6. The summed E-state index contributed by atoms with van der Waals surface area (Å²) in [5.41, 5.74) is -2.70. The van der Waals surface area contributed by atoms with Gasteiger partial charge < -0.3 is 14.5 Å². The highest BCUT2D eigenvalue weighted by Gasteiger charge is 2.37. The van der Waals surface area contributed by atoms with E-state index in [1.165, 1.54) is 15.9 Å². The topological polar surface area (TPSA) is 67.7 Å². The zero-order valence-corrected chi connectivity index (χ0v) is 16.9. The van der Waals surface area contributed by atoms with Crippen molar-refractivity contribution in [2.24, 2.45) is 0 Å². The normalized spacial score (nSPS) is 14.2. The maximum absolute atomic E-state index is 13.0. The lowest BCUT2D eigenvalue weighted by atomic mass is 10.1. The van der Waals surface area contributed by atoms with Crippen molar-refractivity contribution in [3.05, 3.63) is 52.3 Å². The Bertz CT molecular complexity index is 997. The predicted octanol–water partition coefficient (Wildman–Crippen LogP) is 3.77. The second kappa shape index (κ2) is 8.36. The summed E-state index contributed by atoms with van der Waals surface area (Å²) >= 11 is 0. The van der Waals surface area contributed by atoms with Gasteiger partial charge in [0.2, 0.25) is 0 Å². The molecule has 0 N–H and O–H groups in total. The van der Waals surface area contributed by atoms with Crippen LogP contribution in [0.15, 0.2) is 24.3 Å². The Hall–Kier alpha value is -3.25. The minimum atomic E-state index is -4.99. The van der Waals surface area contributed by atoms with E-state index in [0.717, 1.165) is 0 Å². The first-order chi connectivity index (χ1) is 14.8. The van der Waals surface area contributed by atoms with Crippen molar-refractivity contribution in [1.29, 1.82) is 0 Å². The number of ether oxygens (including phenoxy) is 1. The van der Waals surface area contributed by atoms with E-state index >= 15 is 0 Å². The standard InChI is InChI=1S/C19H18F6N4O3/c1-27(2)16(30)15-8-14-9-28(3-4-29(14)26-15)17(31)32-10-11-5-12(18(20,21)22)7-13(6-11)19(23,24)25/h5-8H,3-4,9-10H2,1-2H3. The Balaban J connectivity index is 1.71. The van der Waals surface area contributed by atoms with E-state index in [9.17, 15) is 35.9 Å². The number of amides is 2. The van der Waals surface area contributed by atoms with E-state index in [4.69, 9.17) is 4.74 Å². The Labute approximate surface area is 178 Å². The molecule has 3 rings (SSSR count). The van der Waals surface area contributed by atoms with E-state index < -0.39 is 41.7 Å². The van der Waals surface area contributed by atoms with E-state index in [1.807, 2.05) is 0 Å². The van der Waals surface area contributed by atoms with Crippen LogP contribution in [-0.4, -0.2) is 52.2 Å². The van der Waals surface area contributed by atoms with Crippen LogP contribution in [0.5, 0.6) is 0 Å². The molecular weight excluding hydrogens is 446 g/mol. The highest BCUT2D eigenvalue weighted by Crippen LogP contribution is 2.36. The van der Waals surface area contributed by atoms with Crippen LogP contribution < -0.4 is 0 Å². The molecule has 1 aliphatic rings. The first-order valence-electron chi connectivity index (χ1n) is 9.24. The fourth-order valence-electron chi connectivity index (χ4n) is 3.09. The van der Waals surface area contributed by atoms with Crippen LogP contribution >= 0.6 is 0 Å². The second-order valence-corrected chi connectivity index (χ2v) is 7.33. The van der Waals surface area contributed by atoms with Gasteiger partial charge in [-0.05, 0) is 29.8 Å². The third-order valence-electron chi connectivity index (χ3n) is 4.69. The first-order valence-corrected chi connectivity index (χ1v) is 9.24. The zero-order valence-electron chi connectivity index (χ0n) is 16.9. The van der Waals surface area contributed by atoms with Gasteiger partial charge in [-0.15, -0.1) is 0 Å². The minimum Gasteiger partial charge on any atom is -0.445 e. The van der Waals surface area contributed by atoms with Gasteiger partial charge >= 0.3 is 18.4 Å². The average Bonchev–Trinajstić information content (AvgIpc) is 3.13. The SMILES string of the molecule is CN(C)C(=O)c1cc2n(n1)CCN(C(=O)OCc1cc(C(F)(F)F)cc(C(F)(F)F)c1)C2. The summed E-state index contributed by atoms with van der Waals surface area (Å²) in [5.74, 6) is -0.328. The van der Waals surface area contributed by atoms with Crippen molar-refractivity contribution < 1.29 is 40.7 Å². The molecule has 0 spiro atoms. The van der Waals surface area contributed by atoms with Gasteiger partial charge in [-0.2, -0.15) is 31.4 Å². The summed E-state index contributed by atoms with van der Waals surface area (Å²) < 4.78 is 84.2. The van der Waals surface area contributed by atoms with Gasteiger partial charge in [-0.25, -0.2) is 4.79 Å². The largest absolute Gasteiger partial charge is 0.445 e. The van der Waals surface area contributed by atoms with Gasteiger partial charge in [-0.1, -0.05) is 0 Å². The molecule has 0 aliphatic carbocycles. The van der Waals surface area contributed by atoms with E-state index in [0.29, 0.717) is 17.8 Å². The molecule has 0 unspecified atom stereocenters. The molecule has 13 heteroatoms. The molecule has 2 heterocycles. The number of rotatable bonds is 3. The number of carbonyl (C=O) groups is 2. The number of alkyl halides is 6. The van der Waals surface area contributed by atoms with Crippen molar-refractivity contribution in [2.75, 3.05) is 20.6 Å². The molecule has 2 amide bonds. The van der Waals surface area contributed by atoms with Crippen molar-refractivity contribution in [1.82, 2.24) is 19.6 Å². The molecular formula is C19H18F6N4O3. The molecule has 174 valence electrons. The second-order valence-electron chi connectivity index (χ2n) is 7.33. The van der Waals surface area contributed by atoms with Crippen LogP contribution in [0.1, 0.15) is 32.9 Å². The van der Waals surface area contributed by atoms with E-state index in [2.05, 4.69) is 5.10 Å². The van der Waals surface area contributed by atoms with Crippen molar-refractivity contribution >= 4 is 12.0 Å². The van der Waals surface area contributed by atoms with E-state index in [1.54, 1.807) is 18.8 Å². The van der Waals surface area contributed by atoms with Crippen LogP contribution in [0.2, 0.25) is 0 Å². The third kappa shape index (κ3) is 5.14. The first kappa shape index (κ1) is 23.4. The lowest BCUT2D eigenvalue weighted by Gasteiger charge is -2.27. The number of carbonyl (C=O) groups excluding carboxylic acids is 2. The summed E-state index contributed by atoms with van der Waals surface area (Å²) in [6, 6.07) is 2.52. The van der Waals surface area contributed by atoms with Gasteiger partial charge in [0.05, 0.1) is 29.9 Å². The summed E-state index contributed by atoms with van der Waals surface area (Å²) in [4.78, 5) is 26.9. The lowest BCUT2D eigenvalue weighted by Crippen LogP contribution is -2.38. The van der Waals surface area contributed by atoms with Gasteiger partial charge in [0.25, 0.3) is 5.91 Å². The molecule has 1 aromatic carbocycles. The summed E-state index contributed by atoms with van der Waals surface area (Å²) in [7, 11) is 3.12. The smallest absolute Gasteiger partial charge is 0.416 e. The summed E-state index contributed by atoms with van der Waals surface area (Å²) in [5, 5.41) is 4.16. The molecule has 7 nitrogen and oxygen atoms in total. The lowest BCUT2D eigenvalue weighted by molar-refractivity contribution is -0.143. The fraction of sp³-hybridized carbons (Fsp3) is 0.421. The molecule has 0 fully saturated rings. The highest BCUT2D eigenvalue weighted by atomic mass is 19.4. The van der Waals surface area contributed by atoms with Gasteiger partial charge in [-0.3, -0.25) is 9.48 Å². The van der Waals surface area contributed by atoms with Gasteiger partial charge in [0.1, 0.15) is 6.61 Å². The van der Waals surface area contributed by atoms with Crippen molar-refractivity contribution in [3.8, 4) is 0 Å². The molecule has 1 aliphatic heterocycles. The predicted molar refractivity (Wildman–Crippen MR) is 97.3 cm³/mol. The van der Waals surface area contributed by atoms with Crippen LogP contribution in [0.4, 0.5) is 31.1 Å². The monoisotopic (exact) mass is 464 g/mol. The van der Waals surface area contributed by atoms with Gasteiger partial charge in [0.15, 0.2) is 5.69 Å². The molecule has 0 saturated carbocycles. The Morgan fingerprint density at radius 2 is 1.59 bits per heavy atom. The molecule has 0 atom stereocenters. The number of benzene rings is 1. The molecule has 0 saturated heterocycles. The average molecular weight is 464 g/mol. The fourth-order valence-corrected chi connectivity index (χ4v) is 3.09. The summed E-state index contributed by atoms with van der Waals surface area (Å²) in [6.07, 6.45) is -10.9. The molecule has 1 aromatic heterocycles. The molecule has 0 bridgehead atoms. The molecule has 32 heavy (non-hydrogen) atoms. The van der Waals surface area contributed by atoms with Crippen LogP contribution in [0.3, 0.4) is 0 Å². The summed E-state index contributed by atoms with van der Waals surface area (Å²) in [6.45, 7) is -0.374. The minimum absolute atomic E-state index is 0.00369. The zero-order chi connectivity index (χ0) is 23.8. The molecule has 2 aromatic rings.